The van der Waals surface area contributed by atoms with Crippen LogP contribution in [0.25, 0.3) is 0 Å². The van der Waals surface area contributed by atoms with E-state index in [2.05, 4.69) is 75.7 Å². The first-order valence-corrected chi connectivity index (χ1v) is 15.4. The molecule has 0 spiro atoms. The lowest BCUT2D eigenvalue weighted by Gasteiger charge is -2.69. The van der Waals surface area contributed by atoms with Gasteiger partial charge >= 0.3 is 0 Å². The third kappa shape index (κ3) is 3.22. The number of rotatable bonds is 2. The standard InChI is InChI=1S/C34H47N3O2/c1-29(2)11-13-34(21-37-16-8-15-35-37)14-12-33(7)27(23(34)19-29)24(38)17-26-31(5)18-22-20-36-39-28(22)30(3,4)25(31)9-10-32(26,33)6/h8,15-17,20,23,25,27H,9-14,18-19,21H2,1-7H3/t23-,25-,27-,31-,32+,33+,34+/m0/s1. The first kappa shape index (κ1) is 25.8. The number of hydrogen-bond acceptors (Lipinski definition) is 4. The zero-order chi connectivity index (χ0) is 27.6. The Balaban J connectivity index is 1.36. The summed E-state index contributed by atoms with van der Waals surface area (Å²) in [6.07, 6.45) is 17.3. The molecule has 5 aliphatic rings. The molecular formula is C34H47N3O2. The Kier molecular flexibility index (Phi) is 5.13. The van der Waals surface area contributed by atoms with E-state index in [4.69, 9.17) is 4.52 Å². The molecule has 0 aliphatic heterocycles. The van der Waals surface area contributed by atoms with Crippen LogP contribution in [0.4, 0.5) is 0 Å². The molecule has 0 amide bonds. The largest absolute Gasteiger partial charge is 0.361 e. The van der Waals surface area contributed by atoms with Crippen molar-refractivity contribution in [2.45, 2.75) is 112 Å². The Labute approximate surface area is 234 Å². The summed E-state index contributed by atoms with van der Waals surface area (Å²) in [5.41, 5.74) is 2.91. The lowest BCUT2D eigenvalue weighted by atomic mass is 9.34. The average molecular weight is 530 g/mol. The Morgan fingerprint density at radius 3 is 2.54 bits per heavy atom. The molecule has 0 saturated heterocycles. The minimum Gasteiger partial charge on any atom is -0.361 e. The second-order valence-corrected chi connectivity index (χ2v) is 16.3. The number of carbonyl (C=O) groups excluding carboxylic acids is 1. The highest BCUT2D eigenvalue weighted by Gasteiger charge is 2.70. The highest BCUT2D eigenvalue weighted by atomic mass is 16.5. The molecule has 5 heteroatoms. The minimum absolute atomic E-state index is 0.0149. The number of hydrogen-bond donors (Lipinski definition) is 0. The van der Waals surface area contributed by atoms with Gasteiger partial charge in [0, 0.05) is 35.8 Å². The van der Waals surface area contributed by atoms with Crippen LogP contribution in [0, 0.1) is 44.8 Å². The van der Waals surface area contributed by atoms with Gasteiger partial charge in [0.05, 0.1) is 6.20 Å². The average Bonchev–Trinajstić information content (AvgIpc) is 3.53. The van der Waals surface area contributed by atoms with Crippen molar-refractivity contribution >= 4 is 5.78 Å². The Morgan fingerprint density at radius 1 is 1.03 bits per heavy atom. The van der Waals surface area contributed by atoms with E-state index < -0.39 is 0 Å². The smallest absolute Gasteiger partial charge is 0.159 e. The molecule has 5 aliphatic carbocycles. The molecule has 3 saturated carbocycles. The van der Waals surface area contributed by atoms with Crippen molar-refractivity contribution in [1.82, 2.24) is 14.9 Å². The maximum atomic E-state index is 14.7. The molecule has 2 heterocycles. The molecule has 0 N–H and O–H groups in total. The molecule has 0 aromatic carbocycles. The van der Waals surface area contributed by atoms with E-state index in [1.807, 2.05) is 18.5 Å². The van der Waals surface area contributed by atoms with Gasteiger partial charge in [0.2, 0.25) is 0 Å². The van der Waals surface area contributed by atoms with Gasteiger partial charge in [0.1, 0.15) is 5.76 Å². The van der Waals surface area contributed by atoms with E-state index in [0.29, 0.717) is 17.6 Å². The van der Waals surface area contributed by atoms with E-state index in [1.165, 1.54) is 36.8 Å². The summed E-state index contributed by atoms with van der Waals surface area (Å²) in [7, 11) is 0. The van der Waals surface area contributed by atoms with Crippen LogP contribution in [0.3, 0.4) is 0 Å². The van der Waals surface area contributed by atoms with Gasteiger partial charge in [-0.05, 0) is 102 Å². The maximum absolute atomic E-state index is 14.7. The highest BCUT2D eigenvalue weighted by Crippen LogP contribution is 2.74. The van der Waals surface area contributed by atoms with E-state index in [1.54, 1.807) is 0 Å². The highest BCUT2D eigenvalue weighted by molar-refractivity contribution is 5.95. The first-order chi connectivity index (χ1) is 18.3. The lowest BCUT2D eigenvalue weighted by Crippen LogP contribution is -2.65. The minimum atomic E-state index is -0.0965. The summed E-state index contributed by atoms with van der Waals surface area (Å²) >= 11 is 0. The first-order valence-electron chi connectivity index (χ1n) is 15.4. The van der Waals surface area contributed by atoms with E-state index >= 15 is 0 Å². The van der Waals surface area contributed by atoms with Gasteiger partial charge in [-0.15, -0.1) is 0 Å². The maximum Gasteiger partial charge on any atom is 0.159 e. The van der Waals surface area contributed by atoms with Crippen molar-refractivity contribution in [1.29, 1.82) is 0 Å². The van der Waals surface area contributed by atoms with Crippen LogP contribution in [0.5, 0.6) is 0 Å². The normalized spacial score (nSPS) is 43.8. The molecule has 0 bridgehead atoms. The molecule has 210 valence electrons. The molecule has 7 atom stereocenters. The van der Waals surface area contributed by atoms with Crippen LogP contribution < -0.4 is 0 Å². The molecule has 2 aromatic heterocycles. The summed E-state index contributed by atoms with van der Waals surface area (Å²) in [5.74, 6) is 2.38. The summed E-state index contributed by atoms with van der Waals surface area (Å²) in [4.78, 5) is 14.7. The zero-order valence-corrected chi connectivity index (χ0v) is 25.1. The Hall–Kier alpha value is -2.17. The summed E-state index contributed by atoms with van der Waals surface area (Å²) in [6, 6.07) is 2.04. The summed E-state index contributed by atoms with van der Waals surface area (Å²) in [6.45, 7) is 18.0. The topological polar surface area (TPSA) is 60.9 Å². The quantitative estimate of drug-likeness (QED) is 0.403. The predicted molar refractivity (Wildman–Crippen MR) is 152 cm³/mol. The van der Waals surface area contributed by atoms with Gasteiger partial charge in [-0.2, -0.15) is 5.10 Å². The fourth-order valence-corrected chi connectivity index (χ4v) is 11.4. The monoisotopic (exact) mass is 529 g/mol. The number of allylic oxidation sites excluding steroid dienone is 2. The fourth-order valence-electron chi connectivity index (χ4n) is 11.4. The van der Waals surface area contributed by atoms with Crippen molar-refractivity contribution in [3.63, 3.8) is 0 Å². The van der Waals surface area contributed by atoms with Gasteiger partial charge in [-0.1, -0.05) is 59.2 Å². The van der Waals surface area contributed by atoms with Gasteiger partial charge in [-0.3, -0.25) is 9.48 Å². The second-order valence-electron chi connectivity index (χ2n) is 16.3. The molecule has 5 nitrogen and oxygen atoms in total. The van der Waals surface area contributed by atoms with E-state index in [9.17, 15) is 4.79 Å². The number of fused-ring (bicyclic) bond motifs is 8. The SMILES string of the molecule is CC1(C)CC[C@]2(Cn3cccn3)CC[C@]3(C)[C@H](C(=O)C=C4[C@@]5(C)Cc6cnoc6C(C)(C)[C@@H]5CC[C@]43C)[C@@H]2C1. The molecule has 0 radical (unpaired) electrons. The third-order valence-electron chi connectivity index (χ3n) is 13.5. The number of ketones is 1. The van der Waals surface area contributed by atoms with E-state index in [0.717, 1.165) is 38.0 Å². The van der Waals surface area contributed by atoms with Crippen molar-refractivity contribution < 1.29 is 9.32 Å². The van der Waals surface area contributed by atoms with Crippen LogP contribution in [-0.4, -0.2) is 20.7 Å². The van der Waals surface area contributed by atoms with Crippen LogP contribution >= 0.6 is 0 Å². The van der Waals surface area contributed by atoms with Crippen molar-refractivity contribution in [2.24, 2.45) is 44.8 Å². The van der Waals surface area contributed by atoms with Crippen LogP contribution in [0.1, 0.15) is 105 Å². The number of carbonyl (C=O) groups is 1. The Morgan fingerprint density at radius 2 is 1.79 bits per heavy atom. The lowest BCUT2D eigenvalue weighted by molar-refractivity contribution is -0.174. The van der Waals surface area contributed by atoms with Crippen molar-refractivity contribution in [3.05, 3.63) is 47.6 Å². The second kappa shape index (κ2) is 7.76. The zero-order valence-electron chi connectivity index (χ0n) is 25.1. The Bertz CT molecular complexity index is 1350. The summed E-state index contributed by atoms with van der Waals surface area (Å²) < 4.78 is 7.99. The van der Waals surface area contributed by atoms with Crippen LogP contribution in [0.2, 0.25) is 0 Å². The van der Waals surface area contributed by atoms with Crippen LogP contribution in [-0.2, 0) is 23.2 Å². The number of nitrogens with zero attached hydrogens (tertiary/aromatic N) is 3. The van der Waals surface area contributed by atoms with Gasteiger partial charge < -0.3 is 4.52 Å². The third-order valence-corrected chi connectivity index (χ3v) is 13.5. The molecule has 2 aromatic rings. The van der Waals surface area contributed by atoms with Gasteiger partial charge in [-0.25, -0.2) is 0 Å². The van der Waals surface area contributed by atoms with Crippen molar-refractivity contribution in [2.75, 3.05) is 0 Å². The van der Waals surface area contributed by atoms with Crippen LogP contribution in [0.15, 0.2) is 40.8 Å². The molecule has 7 rings (SSSR count). The predicted octanol–water partition coefficient (Wildman–Crippen LogP) is 7.57. The van der Waals surface area contributed by atoms with Gasteiger partial charge in [0.15, 0.2) is 5.78 Å². The van der Waals surface area contributed by atoms with Crippen molar-refractivity contribution in [3.8, 4) is 0 Å². The molecule has 39 heavy (non-hydrogen) atoms. The fraction of sp³-hybridized carbons (Fsp3) is 0.735. The summed E-state index contributed by atoms with van der Waals surface area (Å²) in [5, 5.41) is 8.87. The number of aromatic nitrogens is 3. The molecule has 0 unspecified atom stereocenters. The van der Waals surface area contributed by atoms with Gasteiger partial charge in [0.25, 0.3) is 0 Å². The van der Waals surface area contributed by atoms with E-state index in [-0.39, 0.29) is 38.4 Å². The molecular weight excluding hydrogens is 482 g/mol. The molecule has 3 fully saturated rings.